The summed E-state index contributed by atoms with van der Waals surface area (Å²) in [7, 11) is 1.60. The maximum absolute atomic E-state index is 12.9. The van der Waals surface area contributed by atoms with Gasteiger partial charge in [-0.15, -0.1) is 24.5 Å². The monoisotopic (exact) mass is 485 g/mol. The van der Waals surface area contributed by atoms with Gasteiger partial charge in [0.25, 0.3) is 5.91 Å². The first-order valence-corrected chi connectivity index (χ1v) is 10.6. The summed E-state index contributed by atoms with van der Waals surface area (Å²) in [6, 6.07) is 4.87. The van der Waals surface area contributed by atoms with Crippen molar-refractivity contribution in [3.8, 4) is 17.5 Å². The second-order valence-electron chi connectivity index (χ2n) is 6.75. The van der Waals surface area contributed by atoms with Gasteiger partial charge in [-0.3, -0.25) is 9.36 Å². The van der Waals surface area contributed by atoms with E-state index < -0.39 is 18.0 Å². The van der Waals surface area contributed by atoms with E-state index in [1.54, 1.807) is 13.2 Å². The molecule has 3 aromatic rings. The standard InChI is InChI=1S/C20H22F3N5O4S/c1-12-10-26-15(33-12)11-28-16(18(30)25-8-3-9-29)17(24-2)27-19(28)31-13-4-6-14(7-5-13)32-20(21,22)23/h4-7,10,24,29H,3,8-9,11H2,1-2H3,(H,25,30). The Labute approximate surface area is 191 Å². The van der Waals surface area contributed by atoms with Gasteiger partial charge >= 0.3 is 12.4 Å². The molecule has 0 radical (unpaired) electrons. The number of amides is 1. The number of aromatic nitrogens is 3. The largest absolute Gasteiger partial charge is 0.573 e. The van der Waals surface area contributed by atoms with E-state index in [1.165, 1.54) is 28.0 Å². The maximum atomic E-state index is 12.9. The number of anilines is 1. The Bertz CT molecular complexity index is 1080. The second kappa shape index (κ2) is 10.5. The predicted molar refractivity (Wildman–Crippen MR) is 115 cm³/mol. The van der Waals surface area contributed by atoms with Crippen LogP contribution in [-0.4, -0.2) is 52.1 Å². The Morgan fingerprint density at radius 1 is 1.24 bits per heavy atom. The maximum Gasteiger partial charge on any atom is 0.573 e. The summed E-state index contributed by atoms with van der Waals surface area (Å²) in [4.78, 5) is 22.5. The van der Waals surface area contributed by atoms with Crippen LogP contribution in [0.25, 0.3) is 0 Å². The van der Waals surface area contributed by atoms with Gasteiger partial charge in [0.15, 0.2) is 11.5 Å². The number of aryl methyl sites for hydroxylation is 1. The second-order valence-corrected chi connectivity index (χ2v) is 8.07. The lowest BCUT2D eigenvalue weighted by molar-refractivity contribution is -0.274. The number of hydrogen-bond donors (Lipinski definition) is 3. The molecule has 0 aliphatic rings. The number of imidazole rings is 1. The van der Waals surface area contributed by atoms with E-state index in [4.69, 9.17) is 9.84 Å². The Balaban J connectivity index is 1.93. The van der Waals surface area contributed by atoms with Crippen molar-refractivity contribution in [2.24, 2.45) is 0 Å². The molecule has 0 atom stereocenters. The van der Waals surface area contributed by atoms with Gasteiger partial charge in [0.05, 0.1) is 6.54 Å². The van der Waals surface area contributed by atoms with Gasteiger partial charge in [0.1, 0.15) is 16.5 Å². The van der Waals surface area contributed by atoms with Crippen molar-refractivity contribution in [2.75, 3.05) is 25.5 Å². The van der Waals surface area contributed by atoms with E-state index in [2.05, 4.69) is 25.3 Å². The molecule has 178 valence electrons. The van der Waals surface area contributed by atoms with E-state index in [-0.39, 0.29) is 43.0 Å². The third kappa shape index (κ3) is 6.58. The number of nitrogens with one attached hydrogen (secondary N) is 2. The van der Waals surface area contributed by atoms with Crippen LogP contribution in [0.1, 0.15) is 26.8 Å². The van der Waals surface area contributed by atoms with Crippen molar-refractivity contribution < 1.29 is 32.5 Å². The van der Waals surface area contributed by atoms with Crippen LogP contribution in [0.4, 0.5) is 19.0 Å². The Hall–Kier alpha value is -3.32. The highest BCUT2D eigenvalue weighted by molar-refractivity contribution is 7.11. The highest BCUT2D eigenvalue weighted by atomic mass is 32.1. The van der Waals surface area contributed by atoms with Gasteiger partial charge in [-0.05, 0) is 37.6 Å². The molecule has 0 aliphatic heterocycles. The molecule has 0 saturated heterocycles. The summed E-state index contributed by atoms with van der Waals surface area (Å²) in [5.74, 6) is -0.383. The summed E-state index contributed by atoms with van der Waals surface area (Å²) >= 11 is 1.44. The van der Waals surface area contributed by atoms with Gasteiger partial charge in [-0.25, -0.2) is 4.98 Å². The first-order chi connectivity index (χ1) is 15.7. The molecule has 0 saturated carbocycles. The van der Waals surface area contributed by atoms with Crippen LogP contribution in [0, 0.1) is 6.92 Å². The minimum atomic E-state index is -4.80. The van der Waals surface area contributed by atoms with E-state index in [0.717, 1.165) is 17.0 Å². The number of carbonyl (C=O) groups is 1. The number of carbonyl (C=O) groups excluding carboxylic acids is 1. The molecule has 0 aliphatic carbocycles. The number of alkyl halides is 3. The first kappa shape index (κ1) is 24.3. The average molecular weight is 485 g/mol. The van der Waals surface area contributed by atoms with Crippen molar-refractivity contribution >= 4 is 23.1 Å². The normalized spacial score (nSPS) is 11.3. The SMILES string of the molecule is CNc1nc(Oc2ccc(OC(F)(F)F)cc2)n(Cc2ncc(C)s2)c1C(=O)NCCCO. The molecule has 9 nitrogen and oxygen atoms in total. The zero-order valence-electron chi connectivity index (χ0n) is 17.8. The quantitative estimate of drug-likeness (QED) is 0.377. The van der Waals surface area contributed by atoms with Gasteiger partial charge in [-0.2, -0.15) is 4.98 Å². The highest BCUT2D eigenvalue weighted by Crippen LogP contribution is 2.31. The fraction of sp³-hybridized carbons (Fsp3) is 0.350. The lowest BCUT2D eigenvalue weighted by Crippen LogP contribution is -2.28. The number of rotatable bonds is 10. The Morgan fingerprint density at radius 2 is 1.94 bits per heavy atom. The molecule has 0 fully saturated rings. The molecule has 0 unspecified atom stereocenters. The first-order valence-electron chi connectivity index (χ1n) is 9.82. The molecule has 3 rings (SSSR count). The number of ether oxygens (including phenoxy) is 2. The van der Waals surface area contributed by atoms with Crippen LogP contribution in [0.3, 0.4) is 0 Å². The van der Waals surface area contributed by atoms with E-state index in [1.807, 2.05) is 6.92 Å². The minimum absolute atomic E-state index is 0.0454. The number of benzene rings is 1. The van der Waals surface area contributed by atoms with Crippen LogP contribution in [0.5, 0.6) is 17.5 Å². The third-order valence-electron chi connectivity index (χ3n) is 4.23. The van der Waals surface area contributed by atoms with Gasteiger partial charge in [0.2, 0.25) is 0 Å². The topological polar surface area (TPSA) is 111 Å². The van der Waals surface area contributed by atoms with E-state index >= 15 is 0 Å². The number of aliphatic hydroxyl groups is 1. The summed E-state index contributed by atoms with van der Waals surface area (Å²) in [5, 5.41) is 15.2. The van der Waals surface area contributed by atoms with Crippen molar-refractivity contribution in [3.05, 3.63) is 46.0 Å². The lowest BCUT2D eigenvalue weighted by Gasteiger charge is -2.12. The molecule has 1 amide bonds. The van der Waals surface area contributed by atoms with Crippen molar-refractivity contribution in [1.82, 2.24) is 19.9 Å². The molecule has 2 aromatic heterocycles. The average Bonchev–Trinajstić information content (AvgIpc) is 3.32. The smallest absolute Gasteiger partial charge is 0.425 e. The highest BCUT2D eigenvalue weighted by Gasteiger charge is 2.31. The number of hydrogen-bond acceptors (Lipinski definition) is 8. The molecule has 33 heavy (non-hydrogen) atoms. The fourth-order valence-electron chi connectivity index (χ4n) is 2.85. The van der Waals surface area contributed by atoms with Crippen LogP contribution >= 0.6 is 11.3 Å². The zero-order valence-corrected chi connectivity index (χ0v) is 18.6. The van der Waals surface area contributed by atoms with Crippen LogP contribution in [0.15, 0.2) is 30.5 Å². The molecule has 2 heterocycles. The molecular weight excluding hydrogens is 463 g/mol. The molecular formula is C20H22F3N5O4S. The van der Waals surface area contributed by atoms with Crippen LogP contribution < -0.4 is 20.1 Å². The molecule has 13 heteroatoms. The van der Waals surface area contributed by atoms with Gasteiger partial charge < -0.3 is 25.2 Å². The summed E-state index contributed by atoms with van der Waals surface area (Å²) in [5.41, 5.74) is 0.190. The Kier molecular flexibility index (Phi) is 7.76. The van der Waals surface area contributed by atoms with Crippen molar-refractivity contribution in [1.29, 1.82) is 0 Å². The summed E-state index contributed by atoms with van der Waals surface area (Å²) in [6.45, 7) is 2.27. The van der Waals surface area contributed by atoms with E-state index in [0.29, 0.717) is 11.4 Å². The number of halogens is 3. The van der Waals surface area contributed by atoms with Gasteiger partial charge in [0, 0.05) is 31.3 Å². The number of aliphatic hydroxyl groups excluding tert-OH is 1. The molecule has 0 spiro atoms. The minimum Gasteiger partial charge on any atom is -0.425 e. The fourth-order valence-corrected chi connectivity index (χ4v) is 3.63. The number of thiazole rings is 1. The Morgan fingerprint density at radius 3 is 2.52 bits per heavy atom. The van der Waals surface area contributed by atoms with Crippen molar-refractivity contribution in [2.45, 2.75) is 26.3 Å². The molecule has 3 N–H and O–H groups in total. The summed E-state index contributed by atoms with van der Waals surface area (Å²) in [6.07, 6.45) is -2.71. The van der Waals surface area contributed by atoms with Crippen LogP contribution in [0.2, 0.25) is 0 Å². The van der Waals surface area contributed by atoms with Crippen LogP contribution in [-0.2, 0) is 6.54 Å². The molecule has 0 bridgehead atoms. The number of nitrogens with zero attached hydrogens (tertiary/aromatic N) is 3. The third-order valence-corrected chi connectivity index (χ3v) is 5.13. The van der Waals surface area contributed by atoms with E-state index in [9.17, 15) is 18.0 Å². The lowest BCUT2D eigenvalue weighted by atomic mass is 10.3. The summed E-state index contributed by atoms with van der Waals surface area (Å²) < 4.78 is 48.4. The predicted octanol–water partition coefficient (Wildman–Crippen LogP) is 3.54. The van der Waals surface area contributed by atoms with Crippen molar-refractivity contribution in [3.63, 3.8) is 0 Å². The van der Waals surface area contributed by atoms with Gasteiger partial charge in [-0.1, -0.05) is 0 Å². The zero-order chi connectivity index (χ0) is 24.0. The molecule has 1 aromatic carbocycles.